The van der Waals surface area contributed by atoms with E-state index in [1.54, 1.807) is 23.1 Å². The van der Waals surface area contributed by atoms with E-state index in [-0.39, 0.29) is 31.0 Å². The van der Waals surface area contributed by atoms with Gasteiger partial charge in [-0.15, -0.1) is 0 Å². The first kappa shape index (κ1) is 27.5. The van der Waals surface area contributed by atoms with Crippen molar-refractivity contribution >= 4 is 50.9 Å². The highest BCUT2D eigenvalue weighted by molar-refractivity contribution is 9.10. The van der Waals surface area contributed by atoms with Crippen LogP contribution < -0.4 is 10.1 Å². The van der Waals surface area contributed by atoms with Crippen LogP contribution in [0.4, 0.5) is 0 Å². The van der Waals surface area contributed by atoms with E-state index >= 15 is 0 Å². The summed E-state index contributed by atoms with van der Waals surface area (Å²) in [5.41, 5.74) is 1.94. The molecule has 0 bridgehead atoms. The maximum Gasteiger partial charge on any atom is 0.261 e. The highest BCUT2D eigenvalue weighted by atomic mass is 79.9. The lowest BCUT2D eigenvalue weighted by atomic mass is 10.1. The number of rotatable bonds is 11. The number of benzene rings is 2. The Labute approximate surface area is 214 Å². The van der Waals surface area contributed by atoms with Gasteiger partial charge >= 0.3 is 0 Å². The number of hydrogen-bond acceptors (Lipinski definition) is 3. The van der Waals surface area contributed by atoms with E-state index in [1.807, 2.05) is 39.0 Å². The molecule has 33 heavy (non-hydrogen) atoms. The lowest BCUT2D eigenvalue weighted by molar-refractivity contribution is -0.143. The Balaban J connectivity index is 2.26. The molecule has 180 valence electrons. The third-order valence-electron chi connectivity index (χ3n) is 5.48. The Hall–Kier alpha value is -1.76. The smallest absolute Gasteiger partial charge is 0.261 e. The van der Waals surface area contributed by atoms with Gasteiger partial charge in [0.1, 0.15) is 11.8 Å². The van der Waals surface area contributed by atoms with E-state index in [2.05, 4.69) is 28.2 Å². The summed E-state index contributed by atoms with van der Waals surface area (Å²) < 4.78 is 6.60. The van der Waals surface area contributed by atoms with Crippen molar-refractivity contribution in [2.24, 2.45) is 0 Å². The van der Waals surface area contributed by atoms with Crippen LogP contribution in [0, 0.1) is 0 Å². The predicted octanol–water partition coefficient (Wildman–Crippen LogP) is 6.42. The van der Waals surface area contributed by atoms with Crippen LogP contribution in [0.2, 0.25) is 10.0 Å². The van der Waals surface area contributed by atoms with Gasteiger partial charge in [-0.1, -0.05) is 56.1 Å². The highest BCUT2D eigenvalue weighted by Crippen LogP contribution is 2.27. The maximum atomic E-state index is 13.3. The van der Waals surface area contributed by atoms with E-state index in [0.717, 1.165) is 28.4 Å². The van der Waals surface area contributed by atoms with Crippen LogP contribution in [-0.2, 0) is 22.6 Å². The Morgan fingerprint density at radius 3 is 2.30 bits per heavy atom. The molecule has 0 saturated heterocycles. The van der Waals surface area contributed by atoms with Gasteiger partial charge in [-0.3, -0.25) is 9.59 Å². The average Bonchev–Trinajstić information content (AvgIpc) is 2.79. The molecular weight excluding hydrogens is 527 g/mol. The minimum absolute atomic E-state index is 0.0118. The van der Waals surface area contributed by atoms with Crippen LogP contribution in [0.1, 0.15) is 51.7 Å². The number of hydrogen-bond donors (Lipinski definition) is 1. The van der Waals surface area contributed by atoms with E-state index in [4.69, 9.17) is 27.9 Å². The third kappa shape index (κ3) is 7.90. The molecule has 0 spiro atoms. The number of nitrogens with one attached hydrogen (secondary N) is 1. The molecule has 0 saturated carbocycles. The fraction of sp³-hybridized carbons (Fsp3) is 0.440. The van der Waals surface area contributed by atoms with Crippen LogP contribution >= 0.6 is 39.1 Å². The third-order valence-corrected chi connectivity index (χ3v) is 6.84. The second kappa shape index (κ2) is 13.2. The van der Waals surface area contributed by atoms with Crippen molar-refractivity contribution < 1.29 is 14.3 Å². The zero-order valence-corrected chi connectivity index (χ0v) is 22.6. The summed E-state index contributed by atoms with van der Waals surface area (Å²) in [6.07, 6.45) is 2.16. The van der Waals surface area contributed by atoms with Crippen molar-refractivity contribution in [3.63, 3.8) is 0 Å². The van der Waals surface area contributed by atoms with Crippen LogP contribution in [0.5, 0.6) is 5.75 Å². The van der Waals surface area contributed by atoms with Gasteiger partial charge < -0.3 is 15.0 Å². The molecule has 2 atom stereocenters. The fourth-order valence-electron chi connectivity index (χ4n) is 3.30. The first-order valence-electron chi connectivity index (χ1n) is 11.1. The molecule has 0 aromatic heterocycles. The number of nitrogens with zero attached hydrogens (tertiary/aromatic N) is 1. The van der Waals surface area contributed by atoms with Crippen LogP contribution in [0.3, 0.4) is 0 Å². The summed E-state index contributed by atoms with van der Waals surface area (Å²) >= 11 is 15.7. The molecular formula is C25H31BrCl2N2O3. The van der Waals surface area contributed by atoms with Crippen molar-refractivity contribution in [1.82, 2.24) is 10.2 Å². The van der Waals surface area contributed by atoms with E-state index in [9.17, 15) is 9.59 Å². The summed E-state index contributed by atoms with van der Waals surface area (Å²) in [4.78, 5) is 27.9. The zero-order chi connectivity index (χ0) is 24.5. The number of ether oxygens (including phenoxy) is 1. The summed E-state index contributed by atoms with van der Waals surface area (Å²) in [7, 11) is 0. The number of carbonyl (C=O) groups excluding carboxylic acids is 2. The molecule has 0 radical (unpaired) electrons. The molecule has 0 unspecified atom stereocenters. The van der Waals surface area contributed by atoms with Crippen molar-refractivity contribution in [2.75, 3.05) is 6.61 Å². The topological polar surface area (TPSA) is 58.6 Å². The zero-order valence-electron chi connectivity index (χ0n) is 19.5. The van der Waals surface area contributed by atoms with Crippen LogP contribution in [-0.4, -0.2) is 35.4 Å². The number of halogens is 3. The Bertz CT molecular complexity index is 971. The second-order valence-corrected chi connectivity index (χ2v) is 9.59. The van der Waals surface area contributed by atoms with Gasteiger partial charge in [-0.05, 0) is 77.5 Å². The van der Waals surface area contributed by atoms with Gasteiger partial charge in [0.05, 0.1) is 14.5 Å². The fourth-order valence-corrected chi connectivity index (χ4v) is 4.16. The SMILES string of the molecule is CCc1ccc(OCC(=O)N(Cc2ccc(Cl)c(Cl)c2)[C@H](CC)C(=O)N[C@@H](C)CC)c(Br)c1. The van der Waals surface area contributed by atoms with E-state index in [1.165, 1.54) is 0 Å². The summed E-state index contributed by atoms with van der Waals surface area (Å²) in [5, 5.41) is 3.82. The van der Waals surface area contributed by atoms with E-state index < -0.39 is 6.04 Å². The normalized spacial score (nSPS) is 12.7. The highest BCUT2D eigenvalue weighted by Gasteiger charge is 2.29. The quantitative estimate of drug-likeness (QED) is 0.347. The largest absolute Gasteiger partial charge is 0.483 e. The molecule has 2 amide bonds. The minimum Gasteiger partial charge on any atom is -0.483 e. The van der Waals surface area contributed by atoms with Gasteiger partial charge in [0.2, 0.25) is 5.91 Å². The monoisotopic (exact) mass is 556 g/mol. The number of carbonyl (C=O) groups is 2. The lowest BCUT2D eigenvalue weighted by Crippen LogP contribution is -2.51. The molecule has 0 aliphatic heterocycles. The molecule has 2 aromatic carbocycles. The molecule has 0 fully saturated rings. The Morgan fingerprint density at radius 2 is 1.73 bits per heavy atom. The summed E-state index contributed by atoms with van der Waals surface area (Å²) in [6, 6.07) is 10.3. The van der Waals surface area contributed by atoms with Gasteiger partial charge in [0, 0.05) is 12.6 Å². The number of aryl methyl sites for hydroxylation is 1. The van der Waals surface area contributed by atoms with Crippen LogP contribution in [0.15, 0.2) is 40.9 Å². The van der Waals surface area contributed by atoms with Crippen molar-refractivity contribution in [2.45, 2.75) is 65.6 Å². The van der Waals surface area contributed by atoms with Gasteiger partial charge in [0.15, 0.2) is 6.61 Å². The number of amides is 2. The Kier molecular flexibility index (Phi) is 11.0. The summed E-state index contributed by atoms with van der Waals surface area (Å²) in [6.45, 7) is 7.91. The summed E-state index contributed by atoms with van der Waals surface area (Å²) in [5.74, 6) is 0.0968. The van der Waals surface area contributed by atoms with Crippen LogP contribution in [0.25, 0.3) is 0 Å². The first-order valence-corrected chi connectivity index (χ1v) is 12.7. The van der Waals surface area contributed by atoms with Crippen molar-refractivity contribution in [3.8, 4) is 5.75 Å². The Morgan fingerprint density at radius 1 is 1.03 bits per heavy atom. The van der Waals surface area contributed by atoms with Gasteiger partial charge in [-0.2, -0.15) is 0 Å². The predicted molar refractivity (Wildman–Crippen MR) is 138 cm³/mol. The molecule has 0 heterocycles. The van der Waals surface area contributed by atoms with Crippen molar-refractivity contribution in [1.29, 1.82) is 0 Å². The second-order valence-electron chi connectivity index (χ2n) is 7.92. The van der Waals surface area contributed by atoms with Gasteiger partial charge in [0.25, 0.3) is 5.91 Å². The average molecular weight is 558 g/mol. The standard InChI is InChI=1S/C25H31BrCl2N2O3/c1-5-16(4)29-25(32)22(7-3)30(14-18-8-10-20(27)21(28)13-18)24(31)15-33-23-11-9-17(6-2)12-19(23)26/h8-13,16,22H,5-7,14-15H2,1-4H3,(H,29,32)/t16-,22+/m0/s1. The molecule has 2 rings (SSSR count). The van der Waals surface area contributed by atoms with Crippen molar-refractivity contribution in [3.05, 3.63) is 62.0 Å². The molecule has 8 heteroatoms. The van der Waals surface area contributed by atoms with E-state index in [0.29, 0.717) is 22.2 Å². The molecule has 1 N–H and O–H groups in total. The minimum atomic E-state index is -0.643. The molecule has 0 aliphatic carbocycles. The maximum absolute atomic E-state index is 13.3. The lowest BCUT2D eigenvalue weighted by Gasteiger charge is -2.31. The first-order chi connectivity index (χ1) is 15.7. The molecule has 2 aromatic rings. The molecule has 0 aliphatic rings. The molecule has 5 nitrogen and oxygen atoms in total. The van der Waals surface area contributed by atoms with Gasteiger partial charge in [-0.25, -0.2) is 0 Å².